The third-order valence-electron chi connectivity index (χ3n) is 5.35. The van der Waals surface area contributed by atoms with Gasteiger partial charge in [0.25, 0.3) is 0 Å². The van der Waals surface area contributed by atoms with Crippen molar-refractivity contribution in [3.05, 3.63) is 53.3 Å². The Morgan fingerprint density at radius 3 is 2.77 bits per heavy atom. The van der Waals surface area contributed by atoms with Crippen molar-refractivity contribution < 1.29 is 9.53 Å². The summed E-state index contributed by atoms with van der Waals surface area (Å²) in [5.41, 5.74) is 3.02. The molecule has 0 radical (unpaired) electrons. The number of hydrogen-bond donors (Lipinski definition) is 1. The Kier molecular flexibility index (Phi) is 4.44. The summed E-state index contributed by atoms with van der Waals surface area (Å²) >= 11 is 0. The van der Waals surface area contributed by atoms with E-state index in [0.717, 1.165) is 17.0 Å². The number of aryl methyl sites for hydroxylation is 1. The molecule has 2 aliphatic rings. The first kappa shape index (κ1) is 17.1. The third-order valence-corrected chi connectivity index (χ3v) is 5.35. The number of rotatable bonds is 4. The van der Waals surface area contributed by atoms with Gasteiger partial charge in [-0.1, -0.05) is 24.3 Å². The van der Waals surface area contributed by atoms with Gasteiger partial charge in [-0.3, -0.25) is 4.68 Å². The average Bonchev–Trinajstić information content (AvgIpc) is 3.40. The van der Waals surface area contributed by atoms with Crippen molar-refractivity contribution in [2.24, 2.45) is 7.05 Å². The number of benzene rings is 1. The lowest BCUT2D eigenvalue weighted by atomic mass is 9.97. The second-order valence-electron chi connectivity index (χ2n) is 7.58. The maximum absolute atomic E-state index is 12.6. The SMILES string of the molecule is Cn1cc(C2(C)CN(C(=O)NCc3ccc(C4CC4)cc3)CCO2)cn1. The second kappa shape index (κ2) is 6.76. The first-order valence-electron chi connectivity index (χ1n) is 9.28. The van der Waals surface area contributed by atoms with E-state index in [4.69, 9.17) is 4.74 Å². The summed E-state index contributed by atoms with van der Waals surface area (Å²) in [6.45, 7) is 4.20. The number of amides is 2. The summed E-state index contributed by atoms with van der Waals surface area (Å²) in [5.74, 6) is 0.761. The van der Waals surface area contributed by atoms with Gasteiger partial charge >= 0.3 is 6.03 Å². The van der Waals surface area contributed by atoms with Crippen molar-refractivity contribution in [3.63, 3.8) is 0 Å². The van der Waals surface area contributed by atoms with Crippen molar-refractivity contribution in [1.82, 2.24) is 20.0 Å². The number of hydrogen-bond acceptors (Lipinski definition) is 3. The molecule has 138 valence electrons. The lowest BCUT2D eigenvalue weighted by Gasteiger charge is -2.40. The molecule has 1 aliphatic carbocycles. The van der Waals surface area contributed by atoms with Crippen LogP contribution < -0.4 is 5.32 Å². The highest BCUT2D eigenvalue weighted by Crippen LogP contribution is 2.39. The van der Waals surface area contributed by atoms with Crippen molar-refractivity contribution >= 4 is 6.03 Å². The van der Waals surface area contributed by atoms with Crippen LogP contribution in [0.4, 0.5) is 4.79 Å². The molecular formula is C20H26N4O2. The number of nitrogens with one attached hydrogen (secondary N) is 1. The predicted octanol–water partition coefficient (Wildman–Crippen LogP) is 2.75. The summed E-state index contributed by atoms with van der Waals surface area (Å²) in [7, 11) is 1.88. The Balaban J connectivity index is 1.35. The number of carbonyl (C=O) groups excluding carboxylic acids is 1. The van der Waals surface area contributed by atoms with Crippen molar-refractivity contribution in [2.75, 3.05) is 19.7 Å². The second-order valence-corrected chi connectivity index (χ2v) is 7.58. The lowest BCUT2D eigenvalue weighted by molar-refractivity contribution is -0.0907. The fourth-order valence-electron chi connectivity index (χ4n) is 3.53. The molecule has 1 unspecified atom stereocenters. The third kappa shape index (κ3) is 3.60. The van der Waals surface area contributed by atoms with E-state index < -0.39 is 5.60 Å². The molecule has 26 heavy (non-hydrogen) atoms. The van der Waals surface area contributed by atoms with Gasteiger partial charge in [0.05, 0.1) is 19.3 Å². The average molecular weight is 354 g/mol. The largest absolute Gasteiger partial charge is 0.367 e. The van der Waals surface area contributed by atoms with Crippen LogP contribution in [0.1, 0.15) is 42.4 Å². The molecule has 1 saturated carbocycles. The fourth-order valence-corrected chi connectivity index (χ4v) is 3.53. The summed E-state index contributed by atoms with van der Waals surface area (Å²) in [5, 5.41) is 7.26. The Morgan fingerprint density at radius 2 is 2.12 bits per heavy atom. The number of aromatic nitrogens is 2. The zero-order valence-corrected chi connectivity index (χ0v) is 15.4. The van der Waals surface area contributed by atoms with E-state index in [9.17, 15) is 4.79 Å². The molecule has 6 nitrogen and oxygen atoms in total. The molecule has 1 aromatic carbocycles. The van der Waals surface area contributed by atoms with Crippen LogP contribution in [0, 0.1) is 0 Å². The fraction of sp³-hybridized carbons (Fsp3) is 0.500. The quantitative estimate of drug-likeness (QED) is 0.918. The lowest BCUT2D eigenvalue weighted by Crippen LogP contribution is -2.53. The maximum Gasteiger partial charge on any atom is 0.317 e. The molecule has 2 fully saturated rings. The molecule has 1 aromatic heterocycles. The maximum atomic E-state index is 12.6. The molecule has 0 spiro atoms. The Labute approximate surface area is 154 Å². The number of morpholine rings is 1. The monoisotopic (exact) mass is 354 g/mol. The molecule has 6 heteroatoms. The van der Waals surface area contributed by atoms with E-state index >= 15 is 0 Å². The number of ether oxygens (including phenoxy) is 1. The van der Waals surface area contributed by atoms with Crippen LogP contribution in [-0.2, 0) is 23.9 Å². The minimum atomic E-state index is -0.518. The van der Waals surface area contributed by atoms with Crippen LogP contribution in [0.3, 0.4) is 0 Å². The van der Waals surface area contributed by atoms with Gasteiger partial charge < -0.3 is 15.0 Å². The van der Waals surface area contributed by atoms with Crippen molar-refractivity contribution in [1.29, 1.82) is 0 Å². The van der Waals surface area contributed by atoms with E-state index in [-0.39, 0.29) is 6.03 Å². The van der Waals surface area contributed by atoms with Crippen LogP contribution in [0.5, 0.6) is 0 Å². The normalized spacial score (nSPS) is 23.1. The van der Waals surface area contributed by atoms with Gasteiger partial charge in [0.1, 0.15) is 5.60 Å². The van der Waals surface area contributed by atoms with Crippen LogP contribution in [0.2, 0.25) is 0 Å². The molecular weight excluding hydrogens is 328 g/mol. The molecule has 1 N–H and O–H groups in total. The van der Waals surface area contributed by atoms with Crippen LogP contribution in [0.25, 0.3) is 0 Å². The Hall–Kier alpha value is -2.34. The molecule has 2 heterocycles. The Morgan fingerprint density at radius 1 is 1.35 bits per heavy atom. The van der Waals surface area contributed by atoms with Gasteiger partial charge in [-0.05, 0) is 36.8 Å². The first-order chi connectivity index (χ1) is 12.5. The van der Waals surface area contributed by atoms with Crippen molar-refractivity contribution in [2.45, 2.75) is 37.8 Å². The molecule has 2 amide bonds. The summed E-state index contributed by atoms with van der Waals surface area (Å²) in [6, 6.07) is 8.57. The summed E-state index contributed by atoms with van der Waals surface area (Å²) < 4.78 is 7.73. The van der Waals surface area contributed by atoms with Gasteiger partial charge in [0.15, 0.2) is 0 Å². The van der Waals surface area contributed by atoms with Gasteiger partial charge in [-0.2, -0.15) is 5.10 Å². The van der Waals surface area contributed by atoms with Gasteiger partial charge in [-0.15, -0.1) is 0 Å². The van der Waals surface area contributed by atoms with E-state index in [0.29, 0.717) is 26.2 Å². The van der Waals surface area contributed by atoms with E-state index in [1.54, 1.807) is 4.68 Å². The Bertz CT molecular complexity index is 781. The van der Waals surface area contributed by atoms with E-state index in [1.807, 2.05) is 31.3 Å². The van der Waals surface area contributed by atoms with Gasteiger partial charge in [0.2, 0.25) is 0 Å². The van der Waals surface area contributed by atoms with Crippen LogP contribution in [0.15, 0.2) is 36.7 Å². The molecule has 1 saturated heterocycles. The molecule has 4 rings (SSSR count). The molecule has 1 atom stereocenters. The van der Waals surface area contributed by atoms with Crippen LogP contribution >= 0.6 is 0 Å². The van der Waals surface area contributed by atoms with E-state index in [1.165, 1.54) is 18.4 Å². The minimum Gasteiger partial charge on any atom is -0.367 e. The standard InChI is InChI=1S/C20H26N4O2/c1-20(18-12-22-23(2)13-18)14-24(9-10-26-20)19(25)21-11-15-3-5-16(6-4-15)17-7-8-17/h3-6,12-13,17H,7-11,14H2,1-2H3,(H,21,25). The zero-order chi connectivity index (χ0) is 18.1. The van der Waals surface area contributed by atoms with Gasteiger partial charge in [0, 0.05) is 31.9 Å². The first-order valence-corrected chi connectivity index (χ1v) is 9.28. The highest BCUT2D eigenvalue weighted by atomic mass is 16.5. The number of nitrogens with zero attached hydrogens (tertiary/aromatic N) is 3. The smallest absolute Gasteiger partial charge is 0.317 e. The molecule has 1 aliphatic heterocycles. The van der Waals surface area contributed by atoms with Crippen LogP contribution in [-0.4, -0.2) is 40.4 Å². The topological polar surface area (TPSA) is 59.4 Å². The van der Waals surface area contributed by atoms with Crippen molar-refractivity contribution in [3.8, 4) is 0 Å². The molecule has 0 bridgehead atoms. The minimum absolute atomic E-state index is 0.0466. The highest BCUT2D eigenvalue weighted by molar-refractivity contribution is 5.74. The predicted molar refractivity (Wildman–Crippen MR) is 98.7 cm³/mol. The van der Waals surface area contributed by atoms with E-state index in [2.05, 4.69) is 34.7 Å². The number of urea groups is 1. The number of carbonyl (C=O) groups is 1. The highest BCUT2D eigenvalue weighted by Gasteiger charge is 2.36. The molecule has 2 aromatic rings. The van der Waals surface area contributed by atoms with Gasteiger partial charge in [-0.25, -0.2) is 4.79 Å². The zero-order valence-electron chi connectivity index (χ0n) is 15.4. The summed E-state index contributed by atoms with van der Waals surface area (Å²) in [6.07, 6.45) is 6.37. The summed E-state index contributed by atoms with van der Waals surface area (Å²) in [4.78, 5) is 14.4.